The maximum absolute atomic E-state index is 13.3. The number of benzene rings is 2. The molecule has 30 heavy (non-hydrogen) atoms. The number of hydrogen-bond acceptors (Lipinski definition) is 5. The van der Waals surface area contributed by atoms with Crippen LogP contribution in [0.3, 0.4) is 0 Å². The highest BCUT2D eigenvalue weighted by atomic mass is 19.3. The first-order valence-corrected chi connectivity index (χ1v) is 9.57. The number of alkyl halides is 2. The molecule has 1 heterocycles. The van der Waals surface area contributed by atoms with Gasteiger partial charge in [0, 0.05) is 20.8 Å². The van der Waals surface area contributed by atoms with E-state index in [4.69, 9.17) is 10.5 Å². The van der Waals surface area contributed by atoms with Gasteiger partial charge >= 0.3 is 6.61 Å². The molecule has 1 amide bonds. The van der Waals surface area contributed by atoms with Gasteiger partial charge in [0.25, 0.3) is 5.91 Å². The van der Waals surface area contributed by atoms with E-state index in [1.54, 1.807) is 26.3 Å². The molecule has 2 unspecified atom stereocenters. The molecule has 0 radical (unpaired) electrons. The summed E-state index contributed by atoms with van der Waals surface area (Å²) in [6.45, 7) is -0.223. The molecule has 0 aliphatic carbocycles. The first kappa shape index (κ1) is 21.7. The molecule has 2 N–H and O–H groups in total. The van der Waals surface area contributed by atoms with Crippen LogP contribution in [-0.2, 0) is 15.1 Å². The molecule has 1 aliphatic rings. The Morgan fingerprint density at radius 2 is 1.87 bits per heavy atom. The number of carbonyl (C=O) groups excluding carboxylic acids is 1. The Morgan fingerprint density at radius 1 is 1.17 bits per heavy atom. The SMILES string of the molecule is COCCC(C)c1cccc(C2(c3ccc(OC(F)F)cc3)N=C(N)N(C)C2=O)c1. The zero-order chi connectivity index (χ0) is 21.9. The Bertz CT molecular complexity index is 933. The number of nitrogens with two attached hydrogens (primary N) is 1. The summed E-state index contributed by atoms with van der Waals surface area (Å²) in [5, 5.41) is 0. The van der Waals surface area contributed by atoms with E-state index in [0.717, 1.165) is 12.0 Å². The second kappa shape index (κ2) is 8.79. The molecule has 0 spiro atoms. The van der Waals surface area contributed by atoms with Crippen molar-refractivity contribution < 1.29 is 23.0 Å². The lowest BCUT2D eigenvalue weighted by atomic mass is 9.81. The molecule has 8 heteroatoms. The molecule has 2 aromatic rings. The van der Waals surface area contributed by atoms with Crippen molar-refractivity contribution in [1.82, 2.24) is 4.90 Å². The van der Waals surface area contributed by atoms with Crippen LogP contribution in [0.1, 0.15) is 36.0 Å². The number of rotatable bonds is 8. The minimum absolute atomic E-state index is 0.00147. The minimum Gasteiger partial charge on any atom is -0.435 e. The van der Waals surface area contributed by atoms with Crippen LogP contribution in [0.4, 0.5) is 8.78 Å². The molecule has 1 aliphatic heterocycles. The molecular formula is C22H25F2N3O3. The molecule has 0 saturated heterocycles. The van der Waals surface area contributed by atoms with Crippen LogP contribution < -0.4 is 10.5 Å². The summed E-state index contributed by atoms with van der Waals surface area (Å²) in [5.74, 6) is -0.0177. The van der Waals surface area contributed by atoms with Crippen molar-refractivity contribution in [1.29, 1.82) is 0 Å². The maximum Gasteiger partial charge on any atom is 0.387 e. The quantitative estimate of drug-likeness (QED) is 0.714. The highest BCUT2D eigenvalue weighted by molar-refractivity contribution is 6.08. The van der Waals surface area contributed by atoms with Crippen molar-refractivity contribution in [2.24, 2.45) is 10.7 Å². The van der Waals surface area contributed by atoms with E-state index >= 15 is 0 Å². The number of likely N-dealkylation sites (N-methyl/N-ethyl adjacent to an activating group) is 1. The average molecular weight is 417 g/mol. The van der Waals surface area contributed by atoms with Crippen molar-refractivity contribution in [3.63, 3.8) is 0 Å². The normalized spacial score (nSPS) is 19.9. The summed E-state index contributed by atoms with van der Waals surface area (Å²) in [4.78, 5) is 19.1. The molecular weight excluding hydrogens is 392 g/mol. The van der Waals surface area contributed by atoms with Crippen LogP contribution >= 0.6 is 0 Å². The van der Waals surface area contributed by atoms with Crippen molar-refractivity contribution in [3.8, 4) is 5.75 Å². The van der Waals surface area contributed by atoms with Gasteiger partial charge in [-0.1, -0.05) is 43.3 Å². The van der Waals surface area contributed by atoms with Crippen LogP contribution in [0.2, 0.25) is 0 Å². The molecule has 2 aromatic carbocycles. The second-order valence-corrected chi connectivity index (χ2v) is 7.26. The molecule has 6 nitrogen and oxygen atoms in total. The third-order valence-electron chi connectivity index (χ3n) is 5.37. The first-order chi connectivity index (χ1) is 14.3. The fraction of sp³-hybridized carbons (Fsp3) is 0.364. The highest BCUT2D eigenvalue weighted by Crippen LogP contribution is 2.40. The summed E-state index contributed by atoms with van der Waals surface area (Å²) in [6, 6.07) is 13.5. The number of carbonyl (C=O) groups is 1. The largest absolute Gasteiger partial charge is 0.435 e. The van der Waals surface area contributed by atoms with Gasteiger partial charge in [0.1, 0.15) is 5.75 Å². The van der Waals surface area contributed by atoms with E-state index in [1.165, 1.54) is 17.0 Å². The zero-order valence-electron chi connectivity index (χ0n) is 17.1. The fourth-order valence-corrected chi connectivity index (χ4v) is 3.59. The molecule has 2 atom stereocenters. The van der Waals surface area contributed by atoms with Crippen molar-refractivity contribution in [2.75, 3.05) is 20.8 Å². The zero-order valence-corrected chi connectivity index (χ0v) is 17.1. The summed E-state index contributed by atoms with van der Waals surface area (Å²) >= 11 is 0. The third-order valence-corrected chi connectivity index (χ3v) is 5.37. The molecule has 0 bridgehead atoms. The molecule has 0 aromatic heterocycles. The van der Waals surface area contributed by atoms with Crippen LogP contribution in [0.25, 0.3) is 0 Å². The monoisotopic (exact) mass is 417 g/mol. The Balaban J connectivity index is 2.08. The average Bonchev–Trinajstić information content (AvgIpc) is 2.97. The Hall–Kier alpha value is -3.00. The summed E-state index contributed by atoms with van der Waals surface area (Å²) in [5.41, 5.74) is 6.82. The number of nitrogens with zero attached hydrogens (tertiary/aromatic N) is 2. The summed E-state index contributed by atoms with van der Waals surface area (Å²) in [7, 11) is 3.21. The van der Waals surface area contributed by atoms with Gasteiger partial charge in [-0.25, -0.2) is 4.99 Å². The van der Waals surface area contributed by atoms with Crippen LogP contribution in [0, 0.1) is 0 Å². The van der Waals surface area contributed by atoms with Crippen molar-refractivity contribution in [3.05, 3.63) is 65.2 Å². The van der Waals surface area contributed by atoms with Crippen LogP contribution in [0.15, 0.2) is 53.5 Å². The van der Waals surface area contributed by atoms with Gasteiger partial charge in [0.2, 0.25) is 0 Å². The van der Waals surface area contributed by atoms with E-state index in [2.05, 4.69) is 16.7 Å². The predicted molar refractivity (Wildman–Crippen MR) is 110 cm³/mol. The van der Waals surface area contributed by atoms with Gasteiger partial charge in [0.15, 0.2) is 11.5 Å². The van der Waals surface area contributed by atoms with Crippen molar-refractivity contribution in [2.45, 2.75) is 31.4 Å². The topological polar surface area (TPSA) is 77.2 Å². The lowest BCUT2D eigenvalue weighted by Gasteiger charge is -2.27. The predicted octanol–water partition coefficient (Wildman–Crippen LogP) is 3.46. The Morgan fingerprint density at radius 3 is 2.43 bits per heavy atom. The lowest BCUT2D eigenvalue weighted by Crippen LogP contribution is -2.41. The van der Waals surface area contributed by atoms with Gasteiger partial charge in [0.05, 0.1) is 0 Å². The highest BCUT2D eigenvalue weighted by Gasteiger charge is 2.49. The molecule has 3 rings (SSSR count). The Labute approximate surface area is 174 Å². The number of guanidine groups is 1. The second-order valence-electron chi connectivity index (χ2n) is 7.26. The first-order valence-electron chi connectivity index (χ1n) is 9.57. The van der Waals surface area contributed by atoms with Gasteiger partial charge in [-0.2, -0.15) is 8.78 Å². The van der Waals surface area contributed by atoms with Crippen LogP contribution in [-0.4, -0.2) is 44.1 Å². The molecule has 0 saturated carbocycles. The van der Waals surface area contributed by atoms with E-state index in [9.17, 15) is 13.6 Å². The third kappa shape index (κ3) is 4.00. The number of ether oxygens (including phenoxy) is 2. The van der Waals surface area contributed by atoms with Gasteiger partial charge in [-0.3, -0.25) is 9.69 Å². The number of halogens is 2. The van der Waals surface area contributed by atoms with E-state index in [1.807, 2.05) is 24.3 Å². The van der Waals surface area contributed by atoms with E-state index in [-0.39, 0.29) is 23.5 Å². The van der Waals surface area contributed by atoms with Crippen molar-refractivity contribution >= 4 is 11.9 Å². The number of hydrogen-bond donors (Lipinski definition) is 1. The fourth-order valence-electron chi connectivity index (χ4n) is 3.59. The summed E-state index contributed by atoms with van der Waals surface area (Å²) in [6.07, 6.45) is 0.825. The standard InChI is InChI=1S/C22H25F2N3O3/c1-14(11-12-29-3)15-5-4-6-17(13-15)22(19(28)27(2)21(25)26-22)16-7-9-18(10-8-16)30-20(23)24/h4-10,13-14,20H,11-12H2,1-3H3,(H2,25,26). The summed E-state index contributed by atoms with van der Waals surface area (Å²) < 4.78 is 34.6. The van der Waals surface area contributed by atoms with Gasteiger partial charge in [-0.15, -0.1) is 0 Å². The number of aliphatic imine (C=N–C) groups is 1. The van der Waals surface area contributed by atoms with E-state index < -0.39 is 12.2 Å². The molecule has 160 valence electrons. The number of methoxy groups -OCH3 is 1. The number of amides is 1. The molecule has 0 fully saturated rings. The maximum atomic E-state index is 13.3. The van der Waals surface area contributed by atoms with Gasteiger partial charge < -0.3 is 15.2 Å². The van der Waals surface area contributed by atoms with Gasteiger partial charge in [-0.05, 0) is 41.2 Å². The van der Waals surface area contributed by atoms with E-state index in [0.29, 0.717) is 17.7 Å². The Kier molecular flexibility index (Phi) is 6.36. The smallest absolute Gasteiger partial charge is 0.387 e. The minimum atomic E-state index is -2.93. The van der Waals surface area contributed by atoms with Crippen LogP contribution in [0.5, 0.6) is 5.75 Å². The lowest BCUT2D eigenvalue weighted by molar-refractivity contribution is -0.129.